The van der Waals surface area contributed by atoms with E-state index in [-0.39, 0.29) is 18.5 Å². The van der Waals surface area contributed by atoms with E-state index >= 15 is 0 Å². The number of pyridine rings is 1. The maximum Gasteiger partial charge on any atom is 0.262 e. The molecule has 0 unspecified atom stereocenters. The second-order valence-electron chi connectivity index (χ2n) is 6.28. The average molecular weight is 397 g/mol. The number of carbonyl (C=O) groups excluding carboxylic acids is 1. The van der Waals surface area contributed by atoms with Crippen molar-refractivity contribution in [3.63, 3.8) is 0 Å². The second kappa shape index (κ2) is 8.68. The molecule has 0 bridgehead atoms. The number of aldehydes is 1. The Labute approximate surface area is 168 Å². The molecule has 0 aliphatic carbocycles. The molecule has 29 heavy (non-hydrogen) atoms. The Morgan fingerprint density at radius 2 is 1.55 bits per heavy atom. The summed E-state index contributed by atoms with van der Waals surface area (Å²) in [7, 11) is 6.13. The quantitative estimate of drug-likeness (QED) is 0.543. The van der Waals surface area contributed by atoms with Gasteiger partial charge in [-0.2, -0.15) is 0 Å². The molecule has 3 rings (SSSR count). The second-order valence-corrected chi connectivity index (χ2v) is 6.28. The Kier molecular flexibility index (Phi) is 6.07. The molecular weight excluding hydrogens is 374 g/mol. The van der Waals surface area contributed by atoms with Crippen LogP contribution < -0.4 is 24.5 Å². The zero-order chi connectivity index (χ0) is 21.0. The molecule has 1 aromatic heterocycles. The lowest BCUT2D eigenvalue weighted by Gasteiger charge is -2.17. The summed E-state index contributed by atoms with van der Waals surface area (Å²) in [6.07, 6.45) is 0.996. The number of aromatic nitrogens is 1. The van der Waals surface area contributed by atoms with E-state index in [1.807, 2.05) is 18.2 Å². The average Bonchev–Trinajstić information content (AvgIpc) is 2.76. The minimum atomic E-state index is -0.259. The van der Waals surface area contributed by atoms with Crippen molar-refractivity contribution in [2.75, 3.05) is 28.4 Å². The van der Waals surface area contributed by atoms with Crippen LogP contribution in [0.25, 0.3) is 22.0 Å². The number of nitrogens with zero attached hydrogens (tertiary/aromatic N) is 1. The molecule has 0 aliphatic rings. The molecule has 0 amide bonds. The van der Waals surface area contributed by atoms with Gasteiger partial charge in [0, 0.05) is 18.5 Å². The molecular formula is C22H23NO6. The molecule has 0 radical (unpaired) electrons. The Morgan fingerprint density at radius 1 is 0.862 bits per heavy atom. The Morgan fingerprint density at radius 3 is 2.17 bits per heavy atom. The molecule has 0 atom stereocenters. The molecule has 0 saturated heterocycles. The third kappa shape index (κ3) is 3.63. The lowest BCUT2D eigenvalue weighted by Crippen LogP contribution is -2.23. The maximum atomic E-state index is 13.4. The van der Waals surface area contributed by atoms with E-state index in [1.165, 1.54) is 14.2 Å². The number of rotatable bonds is 8. The number of carbonyl (C=O) groups is 1. The van der Waals surface area contributed by atoms with E-state index in [2.05, 4.69) is 0 Å². The smallest absolute Gasteiger partial charge is 0.262 e. The fraction of sp³-hybridized carbons (Fsp3) is 0.273. The molecule has 0 aliphatic heterocycles. The number of methoxy groups -OCH3 is 4. The van der Waals surface area contributed by atoms with Gasteiger partial charge in [0.05, 0.1) is 39.5 Å². The van der Waals surface area contributed by atoms with Gasteiger partial charge < -0.3 is 28.3 Å². The Hall–Kier alpha value is -3.48. The predicted octanol–water partition coefficient (Wildman–Crippen LogP) is 3.29. The monoisotopic (exact) mass is 397 g/mol. The van der Waals surface area contributed by atoms with Crippen LogP contribution in [0.2, 0.25) is 0 Å². The van der Waals surface area contributed by atoms with Gasteiger partial charge in [0.2, 0.25) is 0 Å². The van der Waals surface area contributed by atoms with Crippen LogP contribution in [-0.2, 0) is 11.3 Å². The van der Waals surface area contributed by atoms with Crippen LogP contribution in [0.4, 0.5) is 0 Å². The number of hydrogen-bond donors (Lipinski definition) is 0. The van der Waals surface area contributed by atoms with Gasteiger partial charge in [-0.05, 0) is 35.7 Å². The molecule has 0 saturated carbocycles. The van der Waals surface area contributed by atoms with Gasteiger partial charge in [0.1, 0.15) is 6.29 Å². The van der Waals surface area contributed by atoms with Crippen LogP contribution in [-0.4, -0.2) is 39.3 Å². The lowest BCUT2D eigenvalue weighted by atomic mass is 10.0. The van der Waals surface area contributed by atoms with Crippen LogP contribution >= 0.6 is 0 Å². The van der Waals surface area contributed by atoms with Crippen LogP contribution in [0, 0.1) is 0 Å². The van der Waals surface area contributed by atoms with E-state index in [1.54, 1.807) is 37.0 Å². The highest BCUT2D eigenvalue weighted by atomic mass is 16.5. The highest BCUT2D eigenvalue weighted by molar-refractivity contribution is 5.92. The van der Waals surface area contributed by atoms with Crippen molar-refractivity contribution in [2.45, 2.75) is 13.0 Å². The van der Waals surface area contributed by atoms with Crippen molar-refractivity contribution < 1.29 is 23.7 Å². The standard InChI is InChI=1S/C22H23NO6/c1-26-17-8-6-14(13-19(17)28-3)16-12-15-7-9-18(27-2)21(29-4)20(15)22(25)23(16)10-5-11-24/h6-9,11-13H,5,10H2,1-4H3. The summed E-state index contributed by atoms with van der Waals surface area (Å²) in [6, 6.07) is 10.9. The summed E-state index contributed by atoms with van der Waals surface area (Å²) >= 11 is 0. The fourth-order valence-corrected chi connectivity index (χ4v) is 3.39. The van der Waals surface area contributed by atoms with Crippen LogP contribution in [0.5, 0.6) is 23.0 Å². The van der Waals surface area contributed by atoms with E-state index in [0.29, 0.717) is 39.5 Å². The molecule has 0 spiro atoms. The van der Waals surface area contributed by atoms with Gasteiger partial charge in [-0.25, -0.2) is 0 Å². The first-order valence-corrected chi connectivity index (χ1v) is 9.04. The number of ether oxygens (including phenoxy) is 4. The molecule has 7 heteroatoms. The van der Waals surface area contributed by atoms with E-state index in [4.69, 9.17) is 18.9 Å². The van der Waals surface area contributed by atoms with Gasteiger partial charge >= 0.3 is 0 Å². The number of hydrogen-bond acceptors (Lipinski definition) is 6. The Balaban J connectivity index is 2.34. The van der Waals surface area contributed by atoms with E-state index in [0.717, 1.165) is 11.8 Å². The molecule has 2 aromatic carbocycles. The SMILES string of the molecule is COc1ccc(-c2cc3ccc(OC)c(OC)c3c(=O)n2CCC=O)cc1OC. The van der Waals surface area contributed by atoms with Crippen molar-refractivity contribution in [3.05, 3.63) is 46.8 Å². The number of benzene rings is 2. The Bertz CT molecular complexity index is 1100. The third-order valence-corrected chi connectivity index (χ3v) is 4.77. The van der Waals surface area contributed by atoms with Crippen LogP contribution in [0.3, 0.4) is 0 Å². The summed E-state index contributed by atoms with van der Waals surface area (Å²) in [4.78, 5) is 24.4. The van der Waals surface area contributed by atoms with Crippen molar-refractivity contribution in [3.8, 4) is 34.3 Å². The fourth-order valence-electron chi connectivity index (χ4n) is 3.39. The topological polar surface area (TPSA) is 76.0 Å². The molecule has 0 fully saturated rings. The van der Waals surface area contributed by atoms with E-state index < -0.39 is 0 Å². The number of fused-ring (bicyclic) bond motifs is 1. The van der Waals surface area contributed by atoms with Gasteiger partial charge in [0.15, 0.2) is 23.0 Å². The van der Waals surface area contributed by atoms with Gasteiger partial charge in [0.25, 0.3) is 5.56 Å². The van der Waals surface area contributed by atoms with Crippen LogP contribution in [0.1, 0.15) is 6.42 Å². The molecule has 0 N–H and O–H groups in total. The summed E-state index contributed by atoms with van der Waals surface area (Å²) in [5, 5.41) is 1.11. The third-order valence-electron chi connectivity index (χ3n) is 4.77. The molecule has 152 valence electrons. The van der Waals surface area contributed by atoms with Crippen molar-refractivity contribution in [1.29, 1.82) is 0 Å². The molecule has 3 aromatic rings. The van der Waals surface area contributed by atoms with E-state index in [9.17, 15) is 9.59 Å². The molecule has 1 heterocycles. The zero-order valence-corrected chi connectivity index (χ0v) is 16.9. The first-order valence-electron chi connectivity index (χ1n) is 9.04. The summed E-state index contributed by atoms with van der Waals surface area (Å²) < 4.78 is 23.1. The van der Waals surface area contributed by atoms with Crippen LogP contribution in [0.15, 0.2) is 41.2 Å². The largest absolute Gasteiger partial charge is 0.493 e. The maximum absolute atomic E-state index is 13.4. The highest BCUT2D eigenvalue weighted by Gasteiger charge is 2.18. The minimum absolute atomic E-state index is 0.206. The first-order chi connectivity index (χ1) is 14.1. The van der Waals surface area contributed by atoms with Gasteiger partial charge in [-0.1, -0.05) is 6.07 Å². The normalized spacial score (nSPS) is 10.6. The summed E-state index contributed by atoms with van der Waals surface area (Å²) in [5.41, 5.74) is 1.17. The summed E-state index contributed by atoms with van der Waals surface area (Å²) in [5.74, 6) is 1.98. The molecule has 7 nitrogen and oxygen atoms in total. The van der Waals surface area contributed by atoms with Crippen molar-refractivity contribution in [2.24, 2.45) is 0 Å². The summed E-state index contributed by atoms with van der Waals surface area (Å²) in [6.45, 7) is 0.238. The van der Waals surface area contributed by atoms with Gasteiger partial charge in [-0.3, -0.25) is 4.79 Å². The van der Waals surface area contributed by atoms with Crippen molar-refractivity contribution in [1.82, 2.24) is 4.57 Å². The zero-order valence-electron chi connectivity index (χ0n) is 16.9. The minimum Gasteiger partial charge on any atom is -0.493 e. The first kappa shape index (κ1) is 20.3. The van der Waals surface area contributed by atoms with Crippen molar-refractivity contribution >= 4 is 17.1 Å². The highest BCUT2D eigenvalue weighted by Crippen LogP contribution is 2.37. The van der Waals surface area contributed by atoms with Gasteiger partial charge in [-0.15, -0.1) is 0 Å². The lowest BCUT2D eigenvalue weighted by molar-refractivity contribution is -0.108. The predicted molar refractivity (Wildman–Crippen MR) is 111 cm³/mol.